The second-order valence-corrected chi connectivity index (χ2v) is 5.75. The molecule has 1 aliphatic heterocycles. The summed E-state index contributed by atoms with van der Waals surface area (Å²) >= 11 is 5.88. The largest absolute Gasteiger partial charge is 0.481 e. The number of halogens is 1. The predicted molar refractivity (Wildman–Crippen MR) is 83.5 cm³/mol. The molecule has 112 valence electrons. The van der Waals surface area contributed by atoms with Gasteiger partial charge in [0.25, 0.3) is 0 Å². The van der Waals surface area contributed by atoms with Gasteiger partial charge in [0.2, 0.25) is 5.91 Å². The van der Waals surface area contributed by atoms with E-state index in [-0.39, 0.29) is 12.5 Å². The molecule has 0 radical (unpaired) electrons. The van der Waals surface area contributed by atoms with Gasteiger partial charge in [-0.1, -0.05) is 48.0 Å². The number of nitrogens with one attached hydrogen (secondary N) is 1. The van der Waals surface area contributed by atoms with Gasteiger partial charge in [0.15, 0.2) is 0 Å². The Hall–Kier alpha value is -2.33. The molecule has 1 saturated heterocycles. The fourth-order valence-corrected chi connectivity index (χ4v) is 2.78. The third-order valence-corrected chi connectivity index (χ3v) is 4.15. The minimum Gasteiger partial charge on any atom is -0.481 e. The van der Waals surface area contributed by atoms with Crippen LogP contribution in [-0.2, 0) is 9.59 Å². The monoisotopic (exact) mass is 315 g/mol. The topological polar surface area (TPSA) is 66.4 Å². The maximum atomic E-state index is 11.6. The lowest BCUT2D eigenvalue weighted by molar-refractivity contribution is -0.145. The Bertz CT molecular complexity index is 710. The first kappa shape index (κ1) is 14.6. The quantitative estimate of drug-likeness (QED) is 0.854. The van der Waals surface area contributed by atoms with Crippen molar-refractivity contribution in [3.63, 3.8) is 0 Å². The van der Waals surface area contributed by atoms with E-state index in [4.69, 9.17) is 16.7 Å². The highest BCUT2D eigenvalue weighted by atomic mass is 35.5. The molecule has 2 aromatic carbocycles. The smallest absolute Gasteiger partial charge is 0.316 e. The van der Waals surface area contributed by atoms with Crippen LogP contribution in [0.5, 0.6) is 0 Å². The van der Waals surface area contributed by atoms with Crippen LogP contribution in [0.15, 0.2) is 48.5 Å². The van der Waals surface area contributed by atoms with Gasteiger partial charge in [0.05, 0.1) is 6.04 Å². The van der Waals surface area contributed by atoms with Crippen LogP contribution < -0.4 is 5.32 Å². The zero-order chi connectivity index (χ0) is 15.7. The lowest BCUT2D eigenvalue weighted by Gasteiger charge is -2.11. The van der Waals surface area contributed by atoms with Gasteiger partial charge >= 0.3 is 5.97 Å². The summed E-state index contributed by atoms with van der Waals surface area (Å²) in [7, 11) is 0. The van der Waals surface area contributed by atoms with E-state index >= 15 is 0 Å². The van der Waals surface area contributed by atoms with E-state index < -0.39 is 17.8 Å². The number of carbonyl (C=O) groups excluding carboxylic acids is 1. The van der Waals surface area contributed by atoms with Crippen LogP contribution >= 0.6 is 11.6 Å². The van der Waals surface area contributed by atoms with Crippen LogP contribution in [0, 0.1) is 5.92 Å². The number of carboxylic acids is 1. The molecule has 1 heterocycles. The predicted octanol–water partition coefficient (Wildman–Crippen LogP) is 3.27. The second kappa shape index (κ2) is 5.81. The summed E-state index contributed by atoms with van der Waals surface area (Å²) in [4.78, 5) is 22.6. The zero-order valence-corrected chi connectivity index (χ0v) is 12.4. The van der Waals surface area contributed by atoms with Crippen molar-refractivity contribution in [2.75, 3.05) is 0 Å². The van der Waals surface area contributed by atoms with Crippen molar-refractivity contribution in [2.24, 2.45) is 5.92 Å². The number of hydrogen-bond acceptors (Lipinski definition) is 2. The van der Waals surface area contributed by atoms with Crippen LogP contribution in [0.25, 0.3) is 11.1 Å². The minimum atomic E-state index is -1.07. The number of benzene rings is 2. The molecular formula is C17H14ClNO3. The zero-order valence-electron chi connectivity index (χ0n) is 11.6. The van der Waals surface area contributed by atoms with Gasteiger partial charge in [-0.2, -0.15) is 0 Å². The van der Waals surface area contributed by atoms with Crippen LogP contribution in [0.1, 0.15) is 18.0 Å². The van der Waals surface area contributed by atoms with E-state index in [2.05, 4.69) is 5.32 Å². The van der Waals surface area contributed by atoms with Gasteiger partial charge in [-0.15, -0.1) is 0 Å². The number of rotatable bonds is 3. The molecular weight excluding hydrogens is 302 g/mol. The highest BCUT2D eigenvalue weighted by Crippen LogP contribution is 2.30. The van der Waals surface area contributed by atoms with Gasteiger partial charge in [-0.3, -0.25) is 9.59 Å². The lowest BCUT2D eigenvalue weighted by atomic mass is 9.97. The lowest BCUT2D eigenvalue weighted by Crippen LogP contribution is -2.25. The van der Waals surface area contributed by atoms with Gasteiger partial charge in [0, 0.05) is 5.02 Å². The Balaban J connectivity index is 1.79. The minimum absolute atomic E-state index is 0.243. The first-order valence-electron chi connectivity index (χ1n) is 6.93. The van der Waals surface area contributed by atoms with E-state index in [0.29, 0.717) is 5.02 Å². The van der Waals surface area contributed by atoms with Crippen molar-refractivity contribution < 1.29 is 14.7 Å². The molecule has 0 spiro atoms. The van der Waals surface area contributed by atoms with Crippen LogP contribution in [0.4, 0.5) is 0 Å². The molecule has 0 saturated carbocycles. The van der Waals surface area contributed by atoms with Gasteiger partial charge in [0.1, 0.15) is 5.92 Å². The third-order valence-electron chi connectivity index (χ3n) is 3.89. The summed E-state index contributed by atoms with van der Waals surface area (Å²) in [6, 6.07) is 15.0. The summed E-state index contributed by atoms with van der Waals surface area (Å²) in [5.41, 5.74) is 3.00. The van der Waals surface area contributed by atoms with Gasteiger partial charge in [-0.05, 0) is 35.2 Å². The molecule has 4 nitrogen and oxygen atoms in total. The molecule has 0 aliphatic carbocycles. The Morgan fingerprint density at radius 1 is 1.05 bits per heavy atom. The van der Waals surface area contributed by atoms with Crippen molar-refractivity contribution in [3.05, 3.63) is 59.1 Å². The van der Waals surface area contributed by atoms with E-state index in [1.54, 1.807) is 0 Å². The summed E-state index contributed by atoms with van der Waals surface area (Å²) in [5, 5.41) is 12.4. The molecule has 0 aromatic heterocycles. The van der Waals surface area contributed by atoms with Crippen LogP contribution in [0.3, 0.4) is 0 Å². The van der Waals surface area contributed by atoms with Crippen molar-refractivity contribution in [2.45, 2.75) is 12.5 Å². The molecule has 0 bridgehead atoms. The maximum absolute atomic E-state index is 11.6. The Morgan fingerprint density at radius 2 is 1.59 bits per heavy atom. The highest BCUT2D eigenvalue weighted by Gasteiger charge is 2.37. The molecule has 1 amide bonds. The molecule has 2 aromatic rings. The number of hydrogen-bond donors (Lipinski definition) is 2. The van der Waals surface area contributed by atoms with Crippen molar-refractivity contribution in [1.29, 1.82) is 0 Å². The van der Waals surface area contributed by atoms with E-state index in [0.717, 1.165) is 16.7 Å². The average molecular weight is 316 g/mol. The van der Waals surface area contributed by atoms with E-state index in [9.17, 15) is 9.59 Å². The van der Waals surface area contributed by atoms with Crippen LogP contribution in [-0.4, -0.2) is 17.0 Å². The van der Waals surface area contributed by atoms with Crippen molar-refractivity contribution in [3.8, 4) is 11.1 Å². The average Bonchev–Trinajstić information content (AvgIpc) is 2.90. The van der Waals surface area contributed by atoms with E-state index in [1.165, 1.54) is 0 Å². The van der Waals surface area contributed by atoms with Crippen molar-refractivity contribution in [1.82, 2.24) is 5.32 Å². The third kappa shape index (κ3) is 2.83. The molecule has 1 fully saturated rings. The molecule has 2 N–H and O–H groups in total. The number of carbonyl (C=O) groups is 2. The first-order valence-corrected chi connectivity index (χ1v) is 7.31. The molecule has 2 atom stereocenters. The molecule has 3 rings (SSSR count). The van der Waals surface area contributed by atoms with Gasteiger partial charge in [-0.25, -0.2) is 0 Å². The normalized spacial score (nSPS) is 20.7. The molecule has 5 heteroatoms. The number of aliphatic carboxylic acids is 1. The number of amides is 1. The summed E-state index contributed by atoms with van der Waals surface area (Å²) in [6.07, 6.45) is 0.286. The Labute approximate surface area is 132 Å². The highest BCUT2D eigenvalue weighted by molar-refractivity contribution is 6.30. The molecule has 22 heavy (non-hydrogen) atoms. The summed E-state index contributed by atoms with van der Waals surface area (Å²) in [5.74, 6) is -2.45. The van der Waals surface area contributed by atoms with E-state index in [1.807, 2.05) is 48.5 Å². The summed E-state index contributed by atoms with van der Waals surface area (Å²) < 4.78 is 0. The SMILES string of the molecule is O=C(O)C1CC(c2ccc(-c3ccc(Cl)cc3)cc2)NC1=O. The Morgan fingerprint density at radius 3 is 2.09 bits per heavy atom. The molecule has 1 aliphatic rings. The standard InChI is InChI=1S/C17H14ClNO3/c18-13-7-5-11(6-8-13)10-1-3-12(4-2-10)15-9-14(17(21)22)16(20)19-15/h1-8,14-15H,9H2,(H,19,20)(H,21,22). The Kier molecular flexibility index (Phi) is 3.86. The maximum Gasteiger partial charge on any atom is 0.316 e. The van der Waals surface area contributed by atoms with Crippen LogP contribution in [0.2, 0.25) is 5.02 Å². The fraction of sp³-hybridized carbons (Fsp3) is 0.176. The second-order valence-electron chi connectivity index (χ2n) is 5.32. The van der Waals surface area contributed by atoms with Crippen molar-refractivity contribution >= 4 is 23.5 Å². The summed E-state index contributed by atoms with van der Waals surface area (Å²) in [6.45, 7) is 0. The molecule has 2 unspecified atom stereocenters. The fourth-order valence-electron chi connectivity index (χ4n) is 2.66. The number of carboxylic acid groups (broad SMARTS) is 1. The van der Waals surface area contributed by atoms with Gasteiger partial charge < -0.3 is 10.4 Å². The first-order chi connectivity index (χ1) is 10.5.